The Labute approximate surface area is 131 Å². The molecule has 1 heterocycles. The van der Waals surface area contributed by atoms with Gasteiger partial charge in [0.2, 0.25) is 0 Å². The van der Waals surface area contributed by atoms with Crippen molar-refractivity contribution in [3.63, 3.8) is 0 Å². The van der Waals surface area contributed by atoms with E-state index in [4.69, 9.17) is 0 Å². The summed E-state index contributed by atoms with van der Waals surface area (Å²) in [6.07, 6.45) is 7.82. The van der Waals surface area contributed by atoms with Crippen molar-refractivity contribution in [3.8, 4) is 0 Å². The van der Waals surface area contributed by atoms with E-state index in [1.165, 1.54) is 60.7 Å². The SMILES string of the molecule is CN1CCCCC1CNC1CCc2cc(Br)ccc2C1. The highest BCUT2D eigenvalue weighted by Gasteiger charge is 2.22. The van der Waals surface area contributed by atoms with E-state index >= 15 is 0 Å². The first-order valence-electron chi connectivity index (χ1n) is 7.93. The van der Waals surface area contributed by atoms with Crippen molar-refractivity contribution in [2.45, 2.75) is 50.6 Å². The van der Waals surface area contributed by atoms with Gasteiger partial charge in [-0.1, -0.05) is 28.4 Å². The molecule has 1 N–H and O–H groups in total. The van der Waals surface area contributed by atoms with Crippen molar-refractivity contribution in [1.82, 2.24) is 10.2 Å². The van der Waals surface area contributed by atoms with Crippen molar-refractivity contribution in [3.05, 3.63) is 33.8 Å². The van der Waals surface area contributed by atoms with Crippen molar-refractivity contribution in [2.24, 2.45) is 0 Å². The van der Waals surface area contributed by atoms with Gasteiger partial charge < -0.3 is 10.2 Å². The van der Waals surface area contributed by atoms with Gasteiger partial charge in [0.25, 0.3) is 0 Å². The van der Waals surface area contributed by atoms with Gasteiger partial charge in [0.05, 0.1) is 0 Å². The minimum Gasteiger partial charge on any atom is -0.312 e. The van der Waals surface area contributed by atoms with Crippen molar-refractivity contribution >= 4 is 15.9 Å². The maximum absolute atomic E-state index is 3.82. The molecular weight excluding hydrogens is 312 g/mol. The Morgan fingerprint density at radius 3 is 3.00 bits per heavy atom. The average molecular weight is 337 g/mol. The lowest BCUT2D eigenvalue weighted by atomic mass is 9.88. The van der Waals surface area contributed by atoms with E-state index in [9.17, 15) is 0 Å². The number of piperidine rings is 1. The number of rotatable bonds is 3. The van der Waals surface area contributed by atoms with E-state index in [0.717, 1.165) is 12.6 Å². The molecule has 1 aliphatic carbocycles. The first-order valence-corrected chi connectivity index (χ1v) is 8.72. The number of aryl methyl sites for hydroxylation is 1. The largest absolute Gasteiger partial charge is 0.312 e. The molecule has 0 amide bonds. The number of nitrogens with zero attached hydrogens (tertiary/aromatic N) is 1. The fourth-order valence-corrected chi connectivity index (χ4v) is 4.01. The third kappa shape index (κ3) is 3.44. The van der Waals surface area contributed by atoms with E-state index in [-0.39, 0.29) is 0 Å². The van der Waals surface area contributed by atoms with Gasteiger partial charge in [-0.25, -0.2) is 0 Å². The van der Waals surface area contributed by atoms with Gasteiger partial charge in [0, 0.05) is 23.1 Å². The molecule has 0 radical (unpaired) electrons. The summed E-state index contributed by atoms with van der Waals surface area (Å²) in [4.78, 5) is 2.53. The van der Waals surface area contributed by atoms with Crippen LogP contribution in [0.1, 0.15) is 36.8 Å². The summed E-state index contributed by atoms with van der Waals surface area (Å²) in [6, 6.07) is 8.17. The molecule has 1 saturated heterocycles. The quantitative estimate of drug-likeness (QED) is 0.910. The van der Waals surface area contributed by atoms with E-state index in [1.807, 2.05) is 0 Å². The highest BCUT2D eigenvalue weighted by atomic mass is 79.9. The first kappa shape index (κ1) is 14.6. The van der Waals surface area contributed by atoms with Gasteiger partial charge in [-0.05, 0) is 69.0 Å². The van der Waals surface area contributed by atoms with Crippen molar-refractivity contribution < 1.29 is 0 Å². The molecule has 0 bridgehead atoms. The number of hydrogen-bond donors (Lipinski definition) is 1. The average Bonchev–Trinajstić information content (AvgIpc) is 2.46. The zero-order chi connectivity index (χ0) is 13.9. The number of likely N-dealkylation sites (N-methyl/N-ethyl adjacent to an activating group) is 1. The van der Waals surface area contributed by atoms with E-state index < -0.39 is 0 Å². The van der Waals surface area contributed by atoms with Gasteiger partial charge >= 0.3 is 0 Å². The fraction of sp³-hybridized carbons (Fsp3) is 0.647. The number of nitrogens with one attached hydrogen (secondary N) is 1. The monoisotopic (exact) mass is 336 g/mol. The molecule has 0 spiro atoms. The van der Waals surface area contributed by atoms with Crippen molar-refractivity contribution in [1.29, 1.82) is 0 Å². The molecule has 2 atom stereocenters. The molecule has 1 aliphatic heterocycles. The number of halogens is 1. The Bertz CT molecular complexity index is 460. The maximum atomic E-state index is 3.82. The molecule has 1 aromatic carbocycles. The van der Waals surface area contributed by atoms with Crippen molar-refractivity contribution in [2.75, 3.05) is 20.1 Å². The van der Waals surface area contributed by atoms with Gasteiger partial charge in [-0.2, -0.15) is 0 Å². The molecule has 2 aliphatic rings. The summed E-state index contributed by atoms with van der Waals surface area (Å²) in [6.45, 7) is 2.43. The smallest absolute Gasteiger partial charge is 0.0217 e. The lowest BCUT2D eigenvalue weighted by molar-refractivity contribution is 0.176. The molecule has 3 heteroatoms. The Hall–Kier alpha value is -0.380. The summed E-state index contributed by atoms with van der Waals surface area (Å²) >= 11 is 3.57. The van der Waals surface area contributed by atoms with Crippen LogP contribution in [0.25, 0.3) is 0 Å². The van der Waals surface area contributed by atoms with Crippen LogP contribution in [0.5, 0.6) is 0 Å². The molecule has 20 heavy (non-hydrogen) atoms. The van der Waals surface area contributed by atoms with Gasteiger partial charge in [0.1, 0.15) is 0 Å². The molecule has 0 aromatic heterocycles. The number of hydrogen-bond acceptors (Lipinski definition) is 2. The zero-order valence-electron chi connectivity index (χ0n) is 12.4. The maximum Gasteiger partial charge on any atom is 0.0217 e. The highest BCUT2D eigenvalue weighted by Crippen LogP contribution is 2.25. The number of benzene rings is 1. The summed E-state index contributed by atoms with van der Waals surface area (Å²) in [7, 11) is 2.28. The second kappa shape index (κ2) is 6.59. The number of fused-ring (bicyclic) bond motifs is 1. The van der Waals surface area contributed by atoms with Crippen LogP contribution >= 0.6 is 15.9 Å². The molecule has 110 valence electrons. The Kier molecular flexibility index (Phi) is 4.79. The second-order valence-electron chi connectivity index (χ2n) is 6.39. The first-order chi connectivity index (χ1) is 9.72. The molecular formula is C17H25BrN2. The highest BCUT2D eigenvalue weighted by molar-refractivity contribution is 9.10. The van der Waals surface area contributed by atoms with Crippen LogP contribution in [-0.4, -0.2) is 37.1 Å². The van der Waals surface area contributed by atoms with Crippen LogP contribution < -0.4 is 5.32 Å². The Morgan fingerprint density at radius 1 is 1.25 bits per heavy atom. The molecule has 2 unspecified atom stereocenters. The molecule has 2 nitrogen and oxygen atoms in total. The minimum absolute atomic E-state index is 0.666. The predicted molar refractivity (Wildman–Crippen MR) is 88.2 cm³/mol. The third-order valence-corrected chi connectivity index (χ3v) is 5.45. The fourth-order valence-electron chi connectivity index (χ4n) is 3.60. The minimum atomic E-state index is 0.666. The molecule has 1 fully saturated rings. The summed E-state index contributed by atoms with van der Waals surface area (Å²) in [5.41, 5.74) is 3.07. The van der Waals surface area contributed by atoms with Crippen LogP contribution in [0.3, 0.4) is 0 Å². The van der Waals surface area contributed by atoms with Gasteiger partial charge in [-0.15, -0.1) is 0 Å². The van der Waals surface area contributed by atoms with E-state index in [0.29, 0.717) is 6.04 Å². The normalized spacial score (nSPS) is 27.3. The van der Waals surface area contributed by atoms with Crippen LogP contribution in [0.2, 0.25) is 0 Å². The predicted octanol–water partition coefficient (Wildman–Crippen LogP) is 3.38. The van der Waals surface area contributed by atoms with Crippen LogP contribution in [0.15, 0.2) is 22.7 Å². The molecule has 3 rings (SSSR count). The number of likely N-dealkylation sites (tertiary alicyclic amines) is 1. The van der Waals surface area contributed by atoms with Gasteiger partial charge in [0.15, 0.2) is 0 Å². The molecule has 0 saturated carbocycles. The summed E-state index contributed by atoms with van der Waals surface area (Å²) in [5.74, 6) is 0. The van der Waals surface area contributed by atoms with Crippen LogP contribution in [0.4, 0.5) is 0 Å². The Morgan fingerprint density at radius 2 is 2.15 bits per heavy atom. The topological polar surface area (TPSA) is 15.3 Å². The lowest BCUT2D eigenvalue weighted by Gasteiger charge is -2.34. The van der Waals surface area contributed by atoms with Crippen LogP contribution in [-0.2, 0) is 12.8 Å². The molecule has 1 aromatic rings. The zero-order valence-corrected chi connectivity index (χ0v) is 14.0. The lowest BCUT2D eigenvalue weighted by Crippen LogP contribution is -2.46. The summed E-state index contributed by atoms with van der Waals surface area (Å²) in [5, 5.41) is 3.82. The second-order valence-corrected chi connectivity index (χ2v) is 7.31. The van der Waals surface area contributed by atoms with Crippen LogP contribution in [0, 0.1) is 0 Å². The van der Waals surface area contributed by atoms with E-state index in [2.05, 4.69) is 51.4 Å². The Balaban J connectivity index is 1.54. The van der Waals surface area contributed by atoms with E-state index in [1.54, 1.807) is 0 Å². The third-order valence-electron chi connectivity index (χ3n) is 4.96. The standard InChI is InChI=1S/C17H25BrN2/c1-20-9-3-2-4-17(20)12-19-16-8-6-13-10-15(18)7-5-14(13)11-16/h5,7,10,16-17,19H,2-4,6,8-9,11-12H2,1H3. The summed E-state index contributed by atoms with van der Waals surface area (Å²) < 4.78 is 1.21. The van der Waals surface area contributed by atoms with Gasteiger partial charge in [-0.3, -0.25) is 0 Å².